The molecular weight excluding hydrogens is 361 g/mol. The van der Waals surface area contributed by atoms with Crippen molar-refractivity contribution in [2.24, 2.45) is 12.0 Å². The maximum atomic E-state index is 12.1. The minimum Gasteiger partial charge on any atom is -0.468 e. The van der Waals surface area contributed by atoms with Gasteiger partial charge in [-0.2, -0.15) is 18.3 Å². The number of pyridine rings is 1. The first kappa shape index (κ1) is 20.5. The first-order valence-electron chi connectivity index (χ1n) is 8.27. The van der Waals surface area contributed by atoms with Crippen LogP contribution >= 0.6 is 0 Å². The molecule has 0 fully saturated rings. The summed E-state index contributed by atoms with van der Waals surface area (Å²) >= 11 is 0. The van der Waals surface area contributed by atoms with Crippen LogP contribution in [0.3, 0.4) is 0 Å². The van der Waals surface area contributed by atoms with Gasteiger partial charge in [-0.25, -0.2) is 4.98 Å². The highest BCUT2D eigenvalue weighted by atomic mass is 19.4. The maximum absolute atomic E-state index is 12.1. The van der Waals surface area contributed by atoms with Crippen LogP contribution in [0.5, 0.6) is 5.88 Å². The third-order valence-electron chi connectivity index (χ3n) is 3.96. The summed E-state index contributed by atoms with van der Waals surface area (Å²) in [6, 6.07) is 3.05. The number of alkyl halides is 3. The smallest absolute Gasteiger partial charge is 0.422 e. The molecule has 0 radical (unpaired) electrons. The van der Waals surface area contributed by atoms with Gasteiger partial charge >= 0.3 is 6.18 Å². The number of hydrogen-bond donors (Lipinski definition) is 2. The summed E-state index contributed by atoms with van der Waals surface area (Å²) < 4.78 is 42.8. The molecule has 2 aromatic heterocycles. The molecule has 0 bridgehead atoms. The van der Waals surface area contributed by atoms with Crippen LogP contribution in [0, 0.1) is 13.8 Å². The predicted molar refractivity (Wildman–Crippen MR) is 95.5 cm³/mol. The van der Waals surface area contributed by atoms with Crippen LogP contribution < -0.4 is 15.4 Å². The van der Waals surface area contributed by atoms with Gasteiger partial charge in [0.25, 0.3) is 0 Å². The Balaban J connectivity index is 1.85. The zero-order valence-electron chi connectivity index (χ0n) is 15.7. The lowest BCUT2D eigenvalue weighted by atomic mass is 10.2. The fourth-order valence-corrected chi connectivity index (χ4v) is 2.41. The van der Waals surface area contributed by atoms with Crippen LogP contribution in [0.1, 0.15) is 22.5 Å². The molecule has 0 aliphatic carbocycles. The van der Waals surface area contributed by atoms with Gasteiger partial charge in [-0.05, 0) is 19.4 Å². The Labute approximate surface area is 155 Å². The van der Waals surface area contributed by atoms with E-state index in [1.807, 2.05) is 25.6 Å². The summed E-state index contributed by atoms with van der Waals surface area (Å²) in [5.41, 5.74) is 3.92. The summed E-state index contributed by atoms with van der Waals surface area (Å²) in [4.78, 5) is 8.03. The van der Waals surface area contributed by atoms with Crippen molar-refractivity contribution in [2.75, 3.05) is 13.7 Å². The number of nitrogens with one attached hydrogen (secondary N) is 2. The normalized spacial score (nSPS) is 12.2. The van der Waals surface area contributed by atoms with Gasteiger partial charge in [0.2, 0.25) is 5.88 Å². The highest BCUT2D eigenvalue weighted by Gasteiger charge is 2.28. The van der Waals surface area contributed by atoms with Crippen molar-refractivity contribution < 1.29 is 17.9 Å². The highest BCUT2D eigenvalue weighted by molar-refractivity contribution is 5.79. The van der Waals surface area contributed by atoms with E-state index in [4.69, 9.17) is 0 Å². The van der Waals surface area contributed by atoms with E-state index < -0.39 is 12.8 Å². The number of rotatable bonds is 6. The lowest BCUT2D eigenvalue weighted by Crippen LogP contribution is -2.36. The average molecular weight is 384 g/mol. The minimum absolute atomic E-state index is 0.0684. The van der Waals surface area contributed by atoms with Crippen LogP contribution in [0.4, 0.5) is 13.2 Å². The summed E-state index contributed by atoms with van der Waals surface area (Å²) in [6.45, 7) is 3.59. The first-order valence-corrected chi connectivity index (χ1v) is 8.27. The fraction of sp³-hybridized carbons (Fsp3) is 0.471. The number of aryl methyl sites for hydroxylation is 2. The number of nitrogens with zero attached hydrogens (tertiary/aromatic N) is 4. The van der Waals surface area contributed by atoms with Gasteiger partial charge in [0.1, 0.15) is 0 Å². The molecule has 0 aliphatic rings. The molecule has 0 saturated heterocycles. The van der Waals surface area contributed by atoms with Crippen molar-refractivity contribution in [1.82, 2.24) is 25.4 Å². The van der Waals surface area contributed by atoms with E-state index in [0.717, 1.165) is 22.5 Å². The van der Waals surface area contributed by atoms with E-state index in [1.54, 1.807) is 13.1 Å². The molecule has 2 rings (SSSR count). The second kappa shape index (κ2) is 8.74. The molecule has 0 spiro atoms. The number of aromatic nitrogens is 3. The van der Waals surface area contributed by atoms with Crippen LogP contribution in [0.25, 0.3) is 0 Å². The van der Waals surface area contributed by atoms with E-state index in [9.17, 15) is 13.2 Å². The van der Waals surface area contributed by atoms with Gasteiger partial charge in [-0.3, -0.25) is 9.67 Å². The van der Waals surface area contributed by atoms with E-state index >= 15 is 0 Å². The largest absolute Gasteiger partial charge is 0.468 e. The topological polar surface area (TPSA) is 76.4 Å². The lowest BCUT2D eigenvalue weighted by molar-refractivity contribution is -0.154. The molecule has 0 aromatic carbocycles. The molecule has 0 unspecified atom stereocenters. The van der Waals surface area contributed by atoms with Crippen LogP contribution in [-0.2, 0) is 20.1 Å². The molecular formula is C17H23F3N6O. The predicted octanol–water partition coefficient (Wildman–Crippen LogP) is 2.24. The summed E-state index contributed by atoms with van der Waals surface area (Å²) in [5.74, 6) is 0.524. The van der Waals surface area contributed by atoms with E-state index in [1.165, 1.54) is 12.3 Å². The van der Waals surface area contributed by atoms with E-state index in [2.05, 4.69) is 30.4 Å². The number of aliphatic imine (C=N–C) groups is 1. The Morgan fingerprint density at radius 1 is 1.22 bits per heavy atom. The molecule has 7 nitrogen and oxygen atoms in total. The summed E-state index contributed by atoms with van der Waals surface area (Å²) in [6.07, 6.45) is -2.92. The molecule has 0 atom stereocenters. The van der Waals surface area contributed by atoms with Crippen LogP contribution in [0.15, 0.2) is 23.3 Å². The van der Waals surface area contributed by atoms with Gasteiger partial charge in [-0.15, -0.1) is 0 Å². The quantitative estimate of drug-likeness (QED) is 0.590. The molecule has 0 aliphatic heterocycles. The third-order valence-corrected chi connectivity index (χ3v) is 3.96. The first-order chi connectivity index (χ1) is 12.7. The standard InChI is InChI=1S/C17H23F3N6O/c1-11-14(12(2)26(4)25-11)9-24-16(21-3)23-8-13-5-6-15(22-7-13)27-10-17(18,19)20/h5-7H,8-10H2,1-4H3,(H2,21,23,24). The van der Waals surface area contributed by atoms with Crippen LogP contribution in [0.2, 0.25) is 0 Å². The van der Waals surface area contributed by atoms with Crippen molar-refractivity contribution in [3.05, 3.63) is 40.8 Å². The minimum atomic E-state index is -4.38. The van der Waals surface area contributed by atoms with Crippen molar-refractivity contribution in [3.8, 4) is 5.88 Å². The monoisotopic (exact) mass is 384 g/mol. The zero-order valence-corrected chi connectivity index (χ0v) is 15.7. The molecule has 2 heterocycles. The highest BCUT2D eigenvalue weighted by Crippen LogP contribution is 2.17. The molecule has 27 heavy (non-hydrogen) atoms. The maximum Gasteiger partial charge on any atom is 0.422 e. The van der Waals surface area contributed by atoms with Gasteiger partial charge in [-0.1, -0.05) is 6.07 Å². The van der Waals surface area contributed by atoms with Gasteiger partial charge in [0, 0.05) is 50.7 Å². The fourth-order valence-electron chi connectivity index (χ4n) is 2.41. The Kier molecular flexibility index (Phi) is 6.65. The van der Waals surface area contributed by atoms with Gasteiger partial charge in [0.05, 0.1) is 5.69 Å². The molecule has 0 amide bonds. The van der Waals surface area contributed by atoms with Crippen molar-refractivity contribution >= 4 is 5.96 Å². The molecule has 0 saturated carbocycles. The number of halogens is 3. The Hall–Kier alpha value is -2.78. The Morgan fingerprint density at radius 3 is 2.44 bits per heavy atom. The molecule has 2 aromatic rings. The van der Waals surface area contributed by atoms with Crippen LogP contribution in [-0.4, -0.2) is 40.6 Å². The average Bonchev–Trinajstić information content (AvgIpc) is 2.86. The number of ether oxygens (including phenoxy) is 1. The summed E-state index contributed by atoms with van der Waals surface area (Å²) in [7, 11) is 3.55. The molecule has 2 N–H and O–H groups in total. The summed E-state index contributed by atoms with van der Waals surface area (Å²) in [5, 5.41) is 10.7. The second-order valence-corrected chi connectivity index (χ2v) is 5.96. The van der Waals surface area contributed by atoms with Crippen molar-refractivity contribution in [2.45, 2.75) is 33.1 Å². The van der Waals surface area contributed by atoms with E-state index in [0.29, 0.717) is 19.0 Å². The number of guanidine groups is 1. The zero-order chi connectivity index (χ0) is 20.0. The van der Waals surface area contributed by atoms with E-state index in [-0.39, 0.29) is 5.88 Å². The SMILES string of the molecule is CN=C(NCc1ccc(OCC(F)(F)F)nc1)NCc1c(C)nn(C)c1C. The number of hydrogen-bond acceptors (Lipinski definition) is 4. The second-order valence-electron chi connectivity index (χ2n) is 5.96. The van der Waals surface area contributed by atoms with Crippen molar-refractivity contribution in [1.29, 1.82) is 0 Å². The third kappa shape index (κ3) is 6.15. The Morgan fingerprint density at radius 2 is 1.93 bits per heavy atom. The van der Waals surface area contributed by atoms with Gasteiger partial charge < -0.3 is 15.4 Å². The molecule has 10 heteroatoms. The Bertz CT molecular complexity index is 783. The van der Waals surface area contributed by atoms with Crippen molar-refractivity contribution in [3.63, 3.8) is 0 Å². The van der Waals surface area contributed by atoms with Gasteiger partial charge in [0.15, 0.2) is 12.6 Å². The molecule has 148 valence electrons. The lowest BCUT2D eigenvalue weighted by Gasteiger charge is -2.13.